The van der Waals surface area contributed by atoms with E-state index >= 15 is 0 Å². The van der Waals surface area contributed by atoms with Gasteiger partial charge in [-0.2, -0.15) is 0 Å². The number of rotatable bonds is 11. The molecule has 0 atom stereocenters. The van der Waals surface area contributed by atoms with E-state index in [1.807, 2.05) is 6.07 Å². The standard InChI is InChI=1S/C21H30N4O4/c1-5-25(6-2)11-12-29-19-14-17(7-8-18(19)27-3)24-21(26)23-15-16-9-10-22-20(13-16)28-4/h7-10,13-14H,5-6,11-12,15H2,1-4H3,(H2,23,24,26). The van der Waals surface area contributed by atoms with Gasteiger partial charge in [0.15, 0.2) is 11.5 Å². The number of urea groups is 1. The van der Waals surface area contributed by atoms with E-state index in [1.165, 1.54) is 0 Å². The summed E-state index contributed by atoms with van der Waals surface area (Å²) < 4.78 is 16.3. The highest BCUT2D eigenvalue weighted by atomic mass is 16.5. The molecule has 0 saturated carbocycles. The Labute approximate surface area is 172 Å². The summed E-state index contributed by atoms with van der Waals surface area (Å²) in [6, 6.07) is 8.57. The minimum Gasteiger partial charge on any atom is -0.493 e. The Morgan fingerprint density at radius 3 is 2.55 bits per heavy atom. The number of likely N-dealkylation sites (N-methyl/N-ethyl adjacent to an activating group) is 1. The highest BCUT2D eigenvalue weighted by Gasteiger charge is 2.09. The van der Waals surface area contributed by atoms with Crippen LogP contribution >= 0.6 is 0 Å². The lowest BCUT2D eigenvalue weighted by Gasteiger charge is -2.19. The Morgan fingerprint density at radius 1 is 1.07 bits per heavy atom. The summed E-state index contributed by atoms with van der Waals surface area (Å²) in [6.07, 6.45) is 1.64. The third-order valence-corrected chi connectivity index (χ3v) is 4.44. The normalized spacial score (nSPS) is 10.5. The molecule has 8 nitrogen and oxygen atoms in total. The summed E-state index contributed by atoms with van der Waals surface area (Å²) in [5.74, 6) is 1.72. The minimum atomic E-state index is -0.319. The quantitative estimate of drug-likeness (QED) is 0.601. The predicted molar refractivity (Wildman–Crippen MR) is 113 cm³/mol. The average Bonchev–Trinajstić information content (AvgIpc) is 2.75. The topological polar surface area (TPSA) is 85.0 Å². The first kappa shape index (κ1) is 22.3. The highest BCUT2D eigenvalue weighted by molar-refractivity contribution is 5.89. The summed E-state index contributed by atoms with van der Waals surface area (Å²) in [4.78, 5) is 18.6. The maximum Gasteiger partial charge on any atom is 0.319 e. The minimum absolute atomic E-state index is 0.319. The lowest BCUT2D eigenvalue weighted by molar-refractivity contribution is 0.217. The Morgan fingerprint density at radius 2 is 1.86 bits per heavy atom. The van der Waals surface area contributed by atoms with Crippen molar-refractivity contribution < 1.29 is 19.0 Å². The number of benzene rings is 1. The van der Waals surface area contributed by atoms with E-state index in [4.69, 9.17) is 14.2 Å². The molecule has 1 aromatic heterocycles. The third-order valence-electron chi connectivity index (χ3n) is 4.44. The molecule has 2 N–H and O–H groups in total. The van der Waals surface area contributed by atoms with Crippen molar-refractivity contribution in [3.63, 3.8) is 0 Å². The van der Waals surface area contributed by atoms with Crippen LogP contribution in [-0.4, -0.2) is 56.4 Å². The number of carbonyl (C=O) groups excluding carboxylic acids is 1. The van der Waals surface area contributed by atoms with Crippen molar-refractivity contribution in [3.05, 3.63) is 42.1 Å². The summed E-state index contributed by atoms with van der Waals surface area (Å²) in [5.41, 5.74) is 1.51. The van der Waals surface area contributed by atoms with Gasteiger partial charge in [0.1, 0.15) is 6.61 Å². The van der Waals surface area contributed by atoms with Gasteiger partial charge < -0.3 is 29.7 Å². The van der Waals surface area contributed by atoms with Crippen LogP contribution in [0.3, 0.4) is 0 Å². The summed E-state index contributed by atoms with van der Waals surface area (Å²) in [5, 5.41) is 5.62. The van der Waals surface area contributed by atoms with Gasteiger partial charge in [0, 0.05) is 37.1 Å². The first-order valence-electron chi connectivity index (χ1n) is 9.66. The number of methoxy groups -OCH3 is 2. The van der Waals surface area contributed by atoms with Crippen LogP contribution < -0.4 is 24.8 Å². The van der Waals surface area contributed by atoms with Crippen LogP contribution in [0.2, 0.25) is 0 Å². The SMILES string of the molecule is CCN(CC)CCOc1cc(NC(=O)NCc2ccnc(OC)c2)ccc1OC. The Balaban J connectivity index is 1.92. The molecule has 2 rings (SSSR count). The van der Waals surface area contributed by atoms with Crippen LogP contribution in [0.15, 0.2) is 36.5 Å². The van der Waals surface area contributed by atoms with Crippen molar-refractivity contribution in [1.29, 1.82) is 0 Å². The molecule has 0 fully saturated rings. The smallest absolute Gasteiger partial charge is 0.319 e. The number of amides is 2. The zero-order valence-corrected chi connectivity index (χ0v) is 17.5. The third kappa shape index (κ3) is 7.15. The van der Waals surface area contributed by atoms with E-state index in [-0.39, 0.29) is 6.03 Å². The molecule has 0 saturated heterocycles. The second-order valence-corrected chi connectivity index (χ2v) is 6.26. The highest BCUT2D eigenvalue weighted by Crippen LogP contribution is 2.30. The van der Waals surface area contributed by atoms with E-state index in [2.05, 4.69) is 34.4 Å². The first-order valence-corrected chi connectivity index (χ1v) is 9.66. The zero-order valence-electron chi connectivity index (χ0n) is 17.5. The Hall–Kier alpha value is -3.00. The molecule has 0 spiro atoms. The molecule has 0 unspecified atom stereocenters. The number of hydrogen-bond acceptors (Lipinski definition) is 6. The van der Waals surface area contributed by atoms with Gasteiger partial charge in [0.05, 0.1) is 14.2 Å². The molecule has 0 radical (unpaired) electrons. The van der Waals surface area contributed by atoms with Crippen molar-refractivity contribution >= 4 is 11.7 Å². The van der Waals surface area contributed by atoms with E-state index < -0.39 is 0 Å². The lowest BCUT2D eigenvalue weighted by atomic mass is 10.2. The van der Waals surface area contributed by atoms with Crippen molar-refractivity contribution in [2.24, 2.45) is 0 Å². The molecule has 0 aliphatic rings. The monoisotopic (exact) mass is 402 g/mol. The van der Waals surface area contributed by atoms with Crippen LogP contribution in [0, 0.1) is 0 Å². The van der Waals surface area contributed by atoms with Crippen LogP contribution in [0.4, 0.5) is 10.5 Å². The number of nitrogens with zero attached hydrogens (tertiary/aromatic N) is 2. The van der Waals surface area contributed by atoms with Gasteiger partial charge in [-0.25, -0.2) is 9.78 Å². The van der Waals surface area contributed by atoms with E-state index in [9.17, 15) is 4.79 Å². The number of pyridine rings is 1. The molecule has 2 aromatic rings. The molecule has 0 aliphatic carbocycles. The van der Waals surface area contributed by atoms with Crippen molar-refractivity contribution in [1.82, 2.24) is 15.2 Å². The first-order chi connectivity index (χ1) is 14.1. The van der Waals surface area contributed by atoms with E-state index in [0.29, 0.717) is 36.2 Å². The molecule has 2 amide bonds. The zero-order chi connectivity index (χ0) is 21.1. The second kappa shape index (κ2) is 11.8. The number of anilines is 1. The number of aromatic nitrogens is 1. The van der Waals surface area contributed by atoms with Crippen LogP contribution in [0.25, 0.3) is 0 Å². The van der Waals surface area contributed by atoms with Gasteiger partial charge in [-0.15, -0.1) is 0 Å². The van der Waals surface area contributed by atoms with Crippen molar-refractivity contribution in [3.8, 4) is 17.4 Å². The van der Waals surface area contributed by atoms with Crippen LogP contribution in [0.1, 0.15) is 19.4 Å². The van der Waals surface area contributed by atoms with Gasteiger partial charge in [-0.3, -0.25) is 0 Å². The van der Waals surface area contributed by atoms with Gasteiger partial charge >= 0.3 is 6.03 Å². The maximum absolute atomic E-state index is 12.2. The molecule has 1 aromatic carbocycles. The molecule has 158 valence electrons. The predicted octanol–water partition coefficient (Wildman–Crippen LogP) is 3.14. The average molecular weight is 402 g/mol. The van der Waals surface area contributed by atoms with Gasteiger partial charge in [-0.05, 0) is 36.9 Å². The molecule has 8 heteroatoms. The van der Waals surface area contributed by atoms with Gasteiger partial charge in [-0.1, -0.05) is 13.8 Å². The molecular weight excluding hydrogens is 372 g/mol. The van der Waals surface area contributed by atoms with E-state index in [1.54, 1.807) is 44.7 Å². The fourth-order valence-electron chi connectivity index (χ4n) is 2.72. The maximum atomic E-state index is 12.2. The fraction of sp³-hybridized carbons (Fsp3) is 0.429. The number of hydrogen-bond donors (Lipinski definition) is 2. The molecule has 29 heavy (non-hydrogen) atoms. The van der Waals surface area contributed by atoms with Gasteiger partial charge in [0.2, 0.25) is 5.88 Å². The summed E-state index contributed by atoms with van der Waals surface area (Å²) >= 11 is 0. The Bertz CT molecular complexity index is 781. The fourth-order valence-corrected chi connectivity index (χ4v) is 2.72. The number of carbonyl (C=O) groups is 1. The molecular formula is C21H30N4O4. The van der Waals surface area contributed by atoms with E-state index in [0.717, 1.165) is 25.2 Å². The number of ether oxygens (including phenoxy) is 3. The largest absolute Gasteiger partial charge is 0.493 e. The number of nitrogens with one attached hydrogen (secondary N) is 2. The van der Waals surface area contributed by atoms with Gasteiger partial charge in [0.25, 0.3) is 0 Å². The van der Waals surface area contributed by atoms with Crippen LogP contribution in [-0.2, 0) is 6.54 Å². The summed E-state index contributed by atoms with van der Waals surface area (Å²) in [7, 11) is 3.15. The molecule has 0 bridgehead atoms. The Kier molecular flexibility index (Phi) is 9.04. The molecule has 1 heterocycles. The second-order valence-electron chi connectivity index (χ2n) is 6.26. The molecule has 0 aliphatic heterocycles. The summed E-state index contributed by atoms with van der Waals surface area (Å²) in [6.45, 7) is 7.91. The van der Waals surface area contributed by atoms with Crippen molar-refractivity contribution in [2.45, 2.75) is 20.4 Å². The lowest BCUT2D eigenvalue weighted by Crippen LogP contribution is -2.28. The van der Waals surface area contributed by atoms with Crippen LogP contribution in [0.5, 0.6) is 17.4 Å². The van der Waals surface area contributed by atoms with Crippen molar-refractivity contribution in [2.75, 3.05) is 45.8 Å².